The van der Waals surface area contributed by atoms with Crippen LogP contribution < -0.4 is 5.32 Å². The van der Waals surface area contributed by atoms with Gasteiger partial charge in [0, 0.05) is 5.69 Å². The molecule has 1 saturated heterocycles. The van der Waals surface area contributed by atoms with E-state index in [4.69, 9.17) is 27.9 Å². The molecule has 70 valence electrons. The highest BCUT2D eigenvalue weighted by Crippen LogP contribution is 2.25. The zero-order chi connectivity index (χ0) is 9.26. The number of hydrogen-bond donors (Lipinski definition) is 1. The summed E-state index contributed by atoms with van der Waals surface area (Å²) in [6.45, 7) is 1.53. The third-order valence-electron chi connectivity index (χ3n) is 1.93. The average molecular weight is 218 g/mol. The molecule has 0 atom stereocenters. The quantitative estimate of drug-likeness (QED) is 0.823. The number of rotatable bonds is 2. The van der Waals surface area contributed by atoms with Gasteiger partial charge in [0.05, 0.1) is 29.3 Å². The molecule has 1 heterocycles. The first kappa shape index (κ1) is 9.13. The zero-order valence-corrected chi connectivity index (χ0v) is 8.40. The maximum atomic E-state index is 5.86. The van der Waals surface area contributed by atoms with Crippen LogP contribution in [0.25, 0.3) is 0 Å². The van der Waals surface area contributed by atoms with Gasteiger partial charge >= 0.3 is 0 Å². The Morgan fingerprint density at radius 1 is 1.23 bits per heavy atom. The van der Waals surface area contributed by atoms with Gasteiger partial charge in [0.2, 0.25) is 0 Å². The van der Waals surface area contributed by atoms with Gasteiger partial charge in [0.15, 0.2) is 0 Å². The highest BCUT2D eigenvalue weighted by molar-refractivity contribution is 6.42. The van der Waals surface area contributed by atoms with Gasteiger partial charge in [-0.3, -0.25) is 0 Å². The molecule has 1 N–H and O–H groups in total. The number of benzene rings is 1. The molecule has 0 spiro atoms. The van der Waals surface area contributed by atoms with Crippen LogP contribution in [0.3, 0.4) is 0 Å². The Labute approximate surface area is 86.8 Å². The van der Waals surface area contributed by atoms with Gasteiger partial charge < -0.3 is 10.1 Å². The van der Waals surface area contributed by atoms with E-state index in [0.29, 0.717) is 16.1 Å². The number of ether oxygens (including phenoxy) is 1. The minimum Gasteiger partial charge on any atom is -0.378 e. The molecule has 1 aliphatic rings. The first-order valence-electron chi connectivity index (χ1n) is 4.05. The fourth-order valence-electron chi connectivity index (χ4n) is 1.14. The highest BCUT2D eigenvalue weighted by Gasteiger charge is 2.17. The van der Waals surface area contributed by atoms with Crippen molar-refractivity contribution < 1.29 is 4.74 Å². The Balaban J connectivity index is 2.07. The predicted octanol–water partition coefficient (Wildman–Crippen LogP) is 2.80. The monoisotopic (exact) mass is 217 g/mol. The molecule has 1 aromatic rings. The molecule has 0 saturated carbocycles. The van der Waals surface area contributed by atoms with Crippen LogP contribution >= 0.6 is 23.2 Å². The molecule has 0 aliphatic carbocycles. The first-order chi connectivity index (χ1) is 6.25. The third-order valence-corrected chi connectivity index (χ3v) is 2.67. The fourth-order valence-corrected chi connectivity index (χ4v) is 1.44. The second-order valence-corrected chi connectivity index (χ2v) is 3.82. The molecule has 4 heteroatoms. The number of nitrogens with one attached hydrogen (secondary N) is 1. The van der Waals surface area contributed by atoms with Crippen LogP contribution in [0, 0.1) is 0 Å². The molecule has 2 rings (SSSR count). The van der Waals surface area contributed by atoms with E-state index in [1.54, 1.807) is 6.07 Å². The Bertz CT molecular complexity index is 312. The summed E-state index contributed by atoms with van der Waals surface area (Å²) < 4.78 is 5.04. The largest absolute Gasteiger partial charge is 0.378 e. The predicted molar refractivity (Wildman–Crippen MR) is 54.7 cm³/mol. The van der Waals surface area contributed by atoms with E-state index >= 15 is 0 Å². The van der Waals surface area contributed by atoms with Gasteiger partial charge in [0.25, 0.3) is 0 Å². The molecular formula is C9H9Cl2NO. The lowest BCUT2D eigenvalue weighted by molar-refractivity contribution is 0.0211. The first-order valence-corrected chi connectivity index (χ1v) is 4.80. The maximum absolute atomic E-state index is 5.86. The van der Waals surface area contributed by atoms with Crippen molar-refractivity contribution in [2.24, 2.45) is 0 Å². The standard InChI is InChI=1S/C9H9Cl2NO/c10-8-2-1-6(3-9(8)11)12-7-4-13-5-7/h1-3,7,12H,4-5H2. The minimum absolute atomic E-state index is 0.414. The van der Waals surface area contributed by atoms with Crippen LogP contribution in [0.4, 0.5) is 5.69 Å². The summed E-state index contributed by atoms with van der Waals surface area (Å²) in [6, 6.07) is 5.93. The van der Waals surface area contributed by atoms with Crippen molar-refractivity contribution in [2.45, 2.75) is 6.04 Å². The number of anilines is 1. The molecule has 2 nitrogen and oxygen atoms in total. The average Bonchev–Trinajstić information content (AvgIpc) is 2.04. The topological polar surface area (TPSA) is 21.3 Å². The second kappa shape index (κ2) is 3.74. The molecule has 13 heavy (non-hydrogen) atoms. The lowest BCUT2D eigenvalue weighted by atomic mass is 10.2. The van der Waals surface area contributed by atoms with Crippen LogP contribution in [0.5, 0.6) is 0 Å². The number of hydrogen-bond acceptors (Lipinski definition) is 2. The Morgan fingerprint density at radius 3 is 2.54 bits per heavy atom. The van der Waals surface area contributed by atoms with E-state index in [0.717, 1.165) is 18.9 Å². The Kier molecular flexibility index (Phi) is 2.63. The fraction of sp³-hybridized carbons (Fsp3) is 0.333. The second-order valence-electron chi connectivity index (χ2n) is 3.01. The summed E-state index contributed by atoms with van der Waals surface area (Å²) in [6.07, 6.45) is 0. The van der Waals surface area contributed by atoms with Gasteiger partial charge in [-0.2, -0.15) is 0 Å². The molecule has 1 aliphatic heterocycles. The summed E-state index contributed by atoms with van der Waals surface area (Å²) in [5.41, 5.74) is 0.989. The van der Waals surface area contributed by atoms with E-state index in [1.165, 1.54) is 0 Å². The van der Waals surface area contributed by atoms with E-state index in [2.05, 4.69) is 5.32 Å². The number of halogens is 2. The lowest BCUT2D eigenvalue weighted by Crippen LogP contribution is -2.40. The van der Waals surface area contributed by atoms with Crippen molar-refractivity contribution in [3.8, 4) is 0 Å². The smallest absolute Gasteiger partial charge is 0.0728 e. The van der Waals surface area contributed by atoms with Gasteiger partial charge in [-0.05, 0) is 18.2 Å². The summed E-state index contributed by atoms with van der Waals surface area (Å²) in [4.78, 5) is 0. The van der Waals surface area contributed by atoms with Gasteiger partial charge in [-0.15, -0.1) is 0 Å². The van der Waals surface area contributed by atoms with Crippen LogP contribution in [-0.2, 0) is 4.74 Å². The summed E-state index contributed by atoms with van der Waals surface area (Å²) >= 11 is 11.6. The van der Waals surface area contributed by atoms with E-state index in [1.807, 2.05) is 12.1 Å². The van der Waals surface area contributed by atoms with Crippen molar-refractivity contribution in [1.82, 2.24) is 0 Å². The van der Waals surface area contributed by atoms with E-state index in [9.17, 15) is 0 Å². The molecule has 1 aromatic carbocycles. The van der Waals surface area contributed by atoms with Crippen molar-refractivity contribution >= 4 is 28.9 Å². The van der Waals surface area contributed by atoms with Crippen LogP contribution in [0.1, 0.15) is 0 Å². The molecule has 0 bridgehead atoms. The highest BCUT2D eigenvalue weighted by atomic mass is 35.5. The Morgan fingerprint density at radius 2 is 2.00 bits per heavy atom. The third kappa shape index (κ3) is 2.08. The summed E-state index contributed by atoms with van der Waals surface area (Å²) in [5.74, 6) is 0. The van der Waals surface area contributed by atoms with Crippen molar-refractivity contribution in [1.29, 1.82) is 0 Å². The van der Waals surface area contributed by atoms with Crippen molar-refractivity contribution in [3.05, 3.63) is 28.2 Å². The zero-order valence-electron chi connectivity index (χ0n) is 6.89. The SMILES string of the molecule is Clc1ccc(NC2COC2)cc1Cl. The van der Waals surface area contributed by atoms with E-state index in [-0.39, 0.29) is 0 Å². The normalized spacial score (nSPS) is 16.8. The Hall–Kier alpha value is -0.440. The van der Waals surface area contributed by atoms with Crippen molar-refractivity contribution in [3.63, 3.8) is 0 Å². The molecule has 1 fully saturated rings. The maximum Gasteiger partial charge on any atom is 0.0728 e. The van der Waals surface area contributed by atoms with Gasteiger partial charge in [0.1, 0.15) is 0 Å². The van der Waals surface area contributed by atoms with Gasteiger partial charge in [-0.25, -0.2) is 0 Å². The molecule has 0 amide bonds. The van der Waals surface area contributed by atoms with Crippen LogP contribution in [0.15, 0.2) is 18.2 Å². The molecular weight excluding hydrogens is 209 g/mol. The molecule has 0 radical (unpaired) electrons. The summed E-state index contributed by atoms with van der Waals surface area (Å²) in [7, 11) is 0. The lowest BCUT2D eigenvalue weighted by Gasteiger charge is -2.27. The molecule has 0 unspecified atom stereocenters. The van der Waals surface area contributed by atoms with Crippen LogP contribution in [0.2, 0.25) is 10.0 Å². The van der Waals surface area contributed by atoms with Gasteiger partial charge in [-0.1, -0.05) is 23.2 Å². The van der Waals surface area contributed by atoms with E-state index < -0.39 is 0 Å². The van der Waals surface area contributed by atoms with Crippen LogP contribution in [-0.4, -0.2) is 19.3 Å². The minimum atomic E-state index is 0.414. The molecule has 0 aromatic heterocycles. The summed E-state index contributed by atoms with van der Waals surface area (Å²) in [5, 5.41) is 4.43. The van der Waals surface area contributed by atoms with Crippen molar-refractivity contribution in [2.75, 3.05) is 18.5 Å².